The van der Waals surface area contributed by atoms with Crippen LogP contribution in [0.5, 0.6) is 0 Å². The van der Waals surface area contributed by atoms with E-state index in [1.165, 1.54) is 39.2 Å². The molecule has 3 nitrogen and oxygen atoms in total. The maximum Gasteiger partial charge on any atom is 0.305 e. The summed E-state index contributed by atoms with van der Waals surface area (Å²) in [5, 5.41) is 0. The number of methoxy groups -OCH3 is 1. The van der Waals surface area contributed by atoms with Gasteiger partial charge in [-0.15, -0.1) is 0 Å². The summed E-state index contributed by atoms with van der Waals surface area (Å²) in [4.78, 5) is 10.9. The van der Waals surface area contributed by atoms with Gasteiger partial charge in [0.1, 0.15) is 0 Å². The van der Waals surface area contributed by atoms with E-state index in [1.54, 1.807) is 0 Å². The molecule has 0 heterocycles. The second kappa shape index (κ2) is 6.02. The van der Waals surface area contributed by atoms with E-state index in [-0.39, 0.29) is 12.0 Å². The van der Waals surface area contributed by atoms with Crippen LogP contribution in [-0.4, -0.2) is 19.1 Å². The number of carbonyl (C=O) groups is 1. The van der Waals surface area contributed by atoms with E-state index in [0.29, 0.717) is 12.3 Å². The van der Waals surface area contributed by atoms with E-state index < -0.39 is 0 Å². The van der Waals surface area contributed by atoms with Gasteiger partial charge in [-0.05, 0) is 25.2 Å². The van der Waals surface area contributed by atoms with Crippen molar-refractivity contribution in [3.8, 4) is 0 Å². The molecule has 1 atom stereocenters. The molecule has 0 spiro atoms. The van der Waals surface area contributed by atoms with Crippen molar-refractivity contribution in [3.05, 3.63) is 0 Å². The van der Waals surface area contributed by atoms with E-state index in [0.717, 1.165) is 6.42 Å². The van der Waals surface area contributed by atoms with Crippen molar-refractivity contribution >= 4 is 5.97 Å². The second-order valence-electron chi connectivity index (χ2n) is 4.18. The second-order valence-corrected chi connectivity index (χ2v) is 4.18. The third-order valence-electron chi connectivity index (χ3n) is 3.16. The highest BCUT2D eigenvalue weighted by Crippen LogP contribution is 2.27. The standard InChI is InChI=1S/C11H21NO2/c1-14-11(13)8-7-10(12)9-5-3-2-4-6-9/h9-10H,2-8,12H2,1H3. The summed E-state index contributed by atoms with van der Waals surface area (Å²) in [7, 11) is 1.43. The summed E-state index contributed by atoms with van der Waals surface area (Å²) in [6, 6.07) is 0.189. The average molecular weight is 199 g/mol. The zero-order chi connectivity index (χ0) is 10.4. The minimum absolute atomic E-state index is 0.142. The first-order valence-corrected chi connectivity index (χ1v) is 5.56. The van der Waals surface area contributed by atoms with Crippen LogP contribution in [0.25, 0.3) is 0 Å². The number of nitrogens with two attached hydrogens (primary N) is 1. The summed E-state index contributed by atoms with van der Waals surface area (Å²) in [5.41, 5.74) is 6.04. The molecular formula is C11H21NO2. The Kier molecular flexibility index (Phi) is 4.94. The molecule has 1 aliphatic rings. The molecule has 14 heavy (non-hydrogen) atoms. The number of hydrogen-bond acceptors (Lipinski definition) is 3. The first kappa shape index (κ1) is 11.5. The Labute approximate surface area is 86.0 Å². The van der Waals surface area contributed by atoms with Crippen molar-refractivity contribution in [1.29, 1.82) is 0 Å². The van der Waals surface area contributed by atoms with Crippen molar-refractivity contribution in [1.82, 2.24) is 0 Å². The van der Waals surface area contributed by atoms with Crippen LogP contribution < -0.4 is 5.73 Å². The average Bonchev–Trinajstić information content (AvgIpc) is 2.26. The quantitative estimate of drug-likeness (QED) is 0.703. The zero-order valence-electron chi connectivity index (χ0n) is 9.00. The molecule has 1 rings (SSSR count). The third-order valence-corrected chi connectivity index (χ3v) is 3.16. The molecule has 2 N–H and O–H groups in total. The van der Waals surface area contributed by atoms with Crippen LogP contribution in [0.2, 0.25) is 0 Å². The van der Waals surface area contributed by atoms with Crippen molar-refractivity contribution in [2.24, 2.45) is 11.7 Å². The van der Waals surface area contributed by atoms with Gasteiger partial charge in [0.15, 0.2) is 0 Å². The molecule has 0 amide bonds. The molecule has 0 aromatic carbocycles. The highest BCUT2D eigenvalue weighted by molar-refractivity contribution is 5.69. The van der Waals surface area contributed by atoms with Crippen LogP contribution in [0, 0.1) is 5.92 Å². The van der Waals surface area contributed by atoms with E-state index >= 15 is 0 Å². The fourth-order valence-corrected chi connectivity index (χ4v) is 2.18. The molecule has 82 valence electrons. The molecule has 0 aromatic rings. The predicted molar refractivity (Wildman–Crippen MR) is 55.8 cm³/mol. The number of hydrogen-bond donors (Lipinski definition) is 1. The maximum absolute atomic E-state index is 10.9. The molecule has 1 unspecified atom stereocenters. The van der Waals surface area contributed by atoms with Crippen LogP contribution in [0.3, 0.4) is 0 Å². The van der Waals surface area contributed by atoms with Gasteiger partial charge in [-0.25, -0.2) is 0 Å². The first-order chi connectivity index (χ1) is 6.74. The summed E-state index contributed by atoms with van der Waals surface area (Å²) >= 11 is 0. The monoisotopic (exact) mass is 199 g/mol. The number of rotatable bonds is 4. The Morgan fingerprint density at radius 3 is 2.64 bits per heavy atom. The molecule has 0 radical (unpaired) electrons. The Morgan fingerprint density at radius 2 is 2.07 bits per heavy atom. The Balaban J connectivity index is 2.19. The molecule has 0 aromatic heterocycles. The zero-order valence-corrected chi connectivity index (χ0v) is 9.00. The van der Waals surface area contributed by atoms with Crippen molar-refractivity contribution in [2.45, 2.75) is 51.0 Å². The largest absolute Gasteiger partial charge is 0.469 e. The van der Waals surface area contributed by atoms with E-state index in [9.17, 15) is 4.79 Å². The van der Waals surface area contributed by atoms with Gasteiger partial charge in [0.25, 0.3) is 0 Å². The summed E-state index contributed by atoms with van der Waals surface area (Å²) in [6.07, 6.45) is 7.67. The van der Waals surface area contributed by atoms with Crippen molar-refractivity contribution < 1.29 is 9.53 Å². The maximum atomic E-state index is 10.9. The third kappa shape index (κ3) is 3.66. The smallest absolute Gasteiger partial charge is 0.305 e. The molecular weight excluding hydrogens is 178 g/mol. The van der Waals surface area contributed by atoms with Gasteiger partial charge in [-0.1, -0.05) is 19.3 Å². The Hall–Kier alpha value is -0.570. The molecule has 1 fully saturated rings. The van der Waals surface area contributed by atoms with Gasteiger partial charge in [0.05, 0.1) is 7.11 Å². The summed E-state index contributed by atoms with van der Waals surface area (Å²) in [6.45, 7) is 0. The van der Waals surface area contributed by atoms with Gasteiger partial charge >= 0.3 is 5.97 Å². The molecule has 0 aliphatic heterocycles. The lowest BCUT2D eigenvalue weighted by atomic mass is 9.83. The predicted octanol–water partition coefficient (Wildman–Crippen LogP) is 1.85. The van der Waals surface area contributed by atoms with Crippen LogP contribution in [0.1, 0.15) is 44.9 Å². The number of esters is 1. The first-order valence-electron chi connectivity index (χ1n) is 5.56. The van der Waals surface area contributed by atoms with Crippen LogP contribution >= 0.6 is 0 Å². The molecule has 0 bridgehead atoms. The van der Waals surface area contributed by atoms with Gasteiger partial charge in [0.2, 0.25) is 0 Å². The van der Waals surface area contributed by atoms with Gasteiger partial charge in [0, 0.05) is 12.5 Å². The minimum Gasteiger partial charge on any atom is -0.469 e. The van der Waals surface area contributed by atoms with Gasteiger partial charge < -0.3 is 10.5 Å². The topological polar surface area (TPSA) is 52.3 Å². The molecule has 3 heteroatoms. The molecule has 0 saturated heterocycles. The van der Waals surface area contributed by atoms with E-state index in [1.807, 2.05) is 0 Å². The SMILES string of the molecule is COC(=O)CCC(N)C1CCCCC1. The minimum atomic E-state index is -0.142. The molecule has 1 saturated carbocycles. The van der Waals surface area contributed by atoms with Crippen LogP contribution in [-0.2, 0) is 9.53 Å². The number of ether oxygens (including phenoxy) is 1. The van der Waals surface area contributed by atoms with Crippen LogP contribution in [0.4, 0.5) is 0 Å². The summed E-state index contributed by atoms with van der Waals surface area (Å²) < 4.78 is 4.59. The van der Waals surface area contributed by atoms with Crippen LogP contribution in [0.15, 0.2) is 0 Å². The molecule has 1 aliphatic carbocycles. The fourth-order valence-electron chi connectivity index (χ4n) is 2.18. The Bertz CT molecular complexity index is 176. The Morgan fingerprint density at radius 1 is 1.43 bits per heavy atom. The highest BCUT2D eigenvalue weighted by atomic mass is 16.5. The fraction of sp³-hybridized carbons (Fsp3) is 0.909. The normalized spacial score (nSPS) is 20.4. The number of carbonyl (C=O) groups excluding carboxylic acids is 1. The van der Waals surface area contributed by atoms with Crippen molar-refractivity contribution in [2.75, 3.05) is 7.11 Å². The van der Waals surface area contributed by atoms with E-state index in [4.69, 9.17) is 5.73 Å². The lowest BCUT2D eigenvalue weighted by molar-refractivity contribution is -0.140. The summed E-state index contributed by atoms with van der Waals surface area (Å²) in [5.74, 6) is 0.490. The highest BCUT2D eigenvalue weighted by Gasteiger charge is 2.20. The van der Waals surface area contributed by atoms with E-state index in [2.05, 4.69) is 4.74 Å². The lowest BCUT2D eigenvalue weighted by Crippen LogP contribution is -2.32. The van der Waals surface area contributed by atoms with Gasteiger partial charge in [-0.3, -0.25) is 4.79 Å². The lowest BCUT2D eigenvalue weighted by Gasteiger charge is -2.27. The van der Waals surface area contributed by atoms with Gasteiger partial charge in [-0.2, -0.15) is 0 Å². The van der Waals surface area contributed by atoms with Crippen molar-refractivity contribution in [3.63, 3.8) is 0 Å².